The topological polar surface area (TPSA) is 104 Å². The highest BCUT2D eigenvalue weighted by Crippen LogP contribution is 2.37. The average Bonchev–Trinajstić information content (AvgIpc) is 2.97. The molecule has 23 heavy (non-hydrogen) atoms. The minimum atomic E-state index is -0.414. The smallest absolute Gasteiger partial charge is 0.227 e. The van der Waals surface area contributed by atoms with E-state index in [2.05, 4.69) is 9.97 Å². The van der Waals surface area contributed by atoms with Gasteiger partial charge in [0.05, 0.1) is 18.2 Å². The van der Waals surface area contributed by atoms with Gasteiger partial charge in [-0.1, -0.05) is 23.9 Å². The minimum Gasteiger partial charge on any atom is -0.497 e. The molecule has 0 aliphatic carbocycles. The molecule has 118 valence electrons. The highest BCUT2D eigenvalue weighted by atomic mass is 32.2. The second kappa shape index (κ2) is 6.43. The summed E-state index contributed by atoms with van der Waals surface area (Å²) in [5.74, 6) is 0.904. The summed E-state index contributed by atoms with van der Waals surface area (Å²) in [6.07, 6.45) is 0. The third kappa shape index (κ3) is 3.22. The number of benzene rings is 1. The zero-order chi connectivity index (χ0) is 16.4. The molecule has 0 saturated carbocycles. The SMILES string of the molecule is COc1ccc(-c2csc3nc(SCC(N)=O)nc(N)c23)cc1. The van der Waals surface area contributed by atoms with Crippen LogP contribution >= 0.6 is 23.1 Å². The van der Waals surface area contributed by atoms with Crippen molar-refractivity contribution in [3.8, 4) is 16.9 Å². The fourth-order valence-corrected chi connectivity index (χ4v) is 3.73. The summed E-state index contributed by atoms with van der Waals surface area (Å²) in [4.78, 5) is 20.4. The molecule has 0 aliphatic heterocycles. The first-order valence-corrected chi connectivity index (χ1v) is 8.55. The number of hydrogen-bond donors (Lipinski definition) is 2. The molecule has 2 aromatic heterocycles. The van der Waals surface area contributed by atoms with E-state index < -0.39 is 5.91 Å². The Kier molecular flexibility index (Phi) is 4.35. The van der Waals surface area contributed by atoms with Gasteiger partial charge in [0.15, 0.2) is 5.16 Å². The molecule has 0 spiro atoms. The van der Waals surface area contributed by atoms with Gasteiger partial charge in [-0.25, -0.2) is 9.97 Å². The first-order chi connectivity index (χ1) is 11.1. The predicted molar refractivity (Wildman–Crippen MR) is 93.7 cm³/mol. The number of fused-ring (bicyclic) bond motifs is 1. The van der Waals surface area contributed by atoms with Gasteiger partial charge in [0, 0.05) is 10.9 Å². The maximum absolute atomic E-state index is 10.9. The van der Waals surface area contributed by atoms with Crippen LogP contribution in [0.5, 0.6) is 5.75 Å². The van der Waals surface area contributed by atoms with Gasteiger partial charge >= 0.3 is 0 Å². The predicted octanol–water partition coefficient (Wildman–Crippen LogP) is 2.53. The van der Waals surface area contributed by atoms with Crippen molar-refractivity contribution in [2.75, 3.05) is 18.6 Å². The Morgan fingerprint density at radius 3 is 2.70 bits per heavy atom. The second-order valence-electron chi connectivity index (χ2n) is 4.70. The number of methoxy groups -OCH3 is 1. The van der Waals surface area contributed by atoms with Gasteiger partial charge in [0.2, 0.25) is 5.91 Å². The maximum Gasteiger partial charge on any atom is 0.227 e. The molecule has 1 amide bonds. The largest absolute Gasteiger partial charge is 0.497 e. The molecular weight excluding hydrogens is 332 g/mol. The summed E-state index contributed by atoms with van der Waals surface area (Å²) >= 11 is 2.67. The van der Waals surface area contributed by atoms with Crippen molar-refractivity contribution < 1.29 is 9.53 Å². The summed E-state index contributed by atoms with van der Waals surface area (Å²) in [6.45, 7) is 0. The number of hydrogen-bond acceptors (Lipinski definition) is 7. The molecule has 8 heteroatoms. The average molecular weight is 346 g/mol. The molecule has 0 saturated heterocycles. The van der Waals surface area contributed by atoms with E-state index in [1.165, 1.54) is 23.1 Å². The normalized spacial score (nSPS) is 10.8. The van der Waals surface area contributed by atoms with E-state index in [4.69, 9.17) is 16.2 Å². The van der Waals surface area contributed by atoms with Crippen molar-refractivity contribution >= 4 is 45.0 Å². The van der Waals surface area contributed by atoms with Gasteiger partial charge in [-0.05, 0) is 17.7 Å². The molecule has 3 aromatic rings. The van der Waals surface area contributed by atoms with Crippen molar-refractivity contribution in [2.45, 2.75) is 5.16 Å². The molecule has 1 aromatic carbocycles. The van der Waals surface area contributed by atoms with Crippen LogP contribution in [0.2, 0.25) is 0 Å². The van der Waals surface area contributed by atoms with Gasteiger partial charge in [0.25, 0.3) is 0 Å². The number of thiophene rings is 1. The third-order valence-corrected chi connectivity index (χ3v) is 4.93. The van der Waals surface area contributed by atoms with E-state index >= 15 is 0 Å². The molecule has 0 aliphatic rings. The number of ether oxygens (including phenoxy) is 1. The van der Waals surface area contributed by atoms with Crippen molar-refractivity contribution in [3.05, 3.63) is 29.6 Å². The Morgan fingerprint density at radius 1 is 1.30 bits per heavy atom. The summed E-state index contributed by atoms with van der Waals surface area (Å²) in [5.41, 5.74) is 13.2. The number of carbonyl (C=O) groups is 1. The summed E-state index contributed by atoms with van der Waals surface area (Å²) < 4.78 is 5.17. The van der Waals surface area contributed by atoms with Gasteiger partial charge in [-0.15, -0.1) is 11.3 Å². The molecule has 0 fully saturated rings. The fraction of sp³-hybridized carbons (Fsp3) is 0.133. The number of nitrogens with two attached hydrogens (primary N) is 2. The molecule has 0 radical (unpaired) electrons. The van der Waals surface area contributed by atoms with E-state index in [1.54, 1.807) is 7.11 Å². The Bertz CT molecular complexity index is 862. The summed E-state index contributed by atoms with van der Waals surface area (Å²) in [5, 5.41) is 3.28. The molecule has 6 nitrogen and oxygen atoms in total. The first-order valence-electron chi connectivity index (χ1n) is 6.68. The molecule has 4 N–H and O–H groups in total. The molecule has 3 rings (SSSR count). The van der Waals surface area contributed by atoms with E-state index in [0.717, 1.165) is 27.1 Å². The number of aromatic nitrogens is 2. The Morgan fingerprint density at radius 2 is 2.04 bits per heavy atom. The standard InChI is InChI=1S/C15H14N4O2S2/c1-21-9-4-2-8(3-5-9)10-6-22-14-12(10)13(17)18-15(19-14)23-7-11(16)20/h2-6H,7H2,1H3,(H2,16,20)(H2,17,18,19). The number of carbonyl (C=O) groups excluding carboxylic acids is 1. The fourth-order valence-electron chi connectivity index (χ4n) is 2.13. The number of rotatable bonds is 5. The molecule has 0 unspecified atom stereocenters. The molecule has 0 bridgehead atoms. The lowest BCUT2D eigenvalue weighted by Crippen LogP contribution is -2.13. The van der Waals surface area contributed by atoms with Crippen LogP contribution in [0.15, 0.2) is 34.8 Å². The van der Waals surface area contributed by atoms with E-state index in [9.17, 15) is 4.79 Å². The van der Waals surface area contributed by atoms with Crippen LogP contribution in [0.1, 0.15) is 0 Å². The number of amides is 1. The highest BCUT2D eigenvalue weighted by molar-refractivity contribution is 7.99. The van der Waals surface area contributed by atoms with Gasteiger partial charge in [-0.2, -0.15) is 0 Å². The van der Waals surface area contributed by atoms with Crippen molar-refractivity contribution in [2.24, 2.45) is 5.73 Å². The lowest BCUT2D eigenvalue weighted by Gasteiger charge is -2.05. The Labute approximate surface area is 140 Å². The van der Waals surface area contributed by atoms with Crippen LogP contribution in [0.25, 0.3) is 21.3 Å². The van der Waals surface area contributed by atoms with Gasteiger partial charge in [0.1, 0.15) is 16.4 Å². The second-order valence-corrected chi connectivity index (χ2v) is 6.51. The zero-order valence-corrected chi connectivity index (χ0v) is 13.9. The van der Waals surface area contributed by atoms with E-state index in [0.29, 0.717) is 11.0 Å². The van der Waals surface area contributed by atoms with Crippen LogP contribution in [0.3, 0.4) is 0 Å². The highest BCUT2D eigenvalue weighted by Gasteiger charge is 2.14. The monoisotopic (exact) mass is 346 g/mol. The number of primary amides is 1. The Hall–Kier alpha value is -2.32. The number of nitrogens with zero attached hydrogens (tertiary/aromatic N) is 2. The quantitative estimate of drug-likeness (QED) is 0.543. The number of anilines is 1. The van der Waals surface area contributed by atoms with Crippen LogP contribution in [0, 0.1) is 0 Å². The molecule has 0 atom stereocenters. The molecule has 2 heterocycles. The van der Waals surface area contributed by atoms with Crippen molar-refractivity contribution in [1.82, 2.24) is 9.97 Å². The Balaban J connectivity index is 2.01. The van der Waals surface area contributed by atoms with Crippen LogP contribution < -0.4 is 16.2 Å². The van der Waals surface area contributed by atoms with Crippen LogP contribution in [-0.4, -0.2) is 28.7 Å². The lowest BCUT2D eigenvalue weighted by molar-refractivity contribution is -0.115. The number of thioether (sulfide) groups is 1. The maximum atomic E-state index is 10.9. The van der Waals surface area contributed by atoms with Gasteiger partial charge < -0.3 is 16.2 Å². The van der Waals surface area contributed by atoms with Gasteiger partial charge in [-0.3, -0.25) is 4.79 Å². The summed E-state index contributed by atoms with van der Waals surface area (Å²) in [7, 11) is 1.63. The lowest BCUT2D eigenvalue weighted by atomic mass is 10.1. The zero-order valence-electron chi connectivity index (χ0n) is 12.3. The van der Waals surface area contributed by atoms with Crippen molar-refractivity contribution in [3.63, 3.8) is 0 Å². The van der Waals surface area contributed by atoms with Crippen LogP contribution in [0.4, 0.5) is 5.82 Å². The summed E-state index contributed by atoms with van der Waals surface area (Å²) in [6, 6.07) is 7.73. The number of nitrogen functional groups attached to an aromatic ring is 1. The third-order valence-electron chi connectivity index (χ3n) is 3.19. The van der Waals surface area contributed by atoms with Crippen molar-refractivity contribution in [1.29, 1.82) is 0 Å². The van der Waals surface area contributed by atoms with E-state index in [1.807, 2.05) is 29.6 Å². The van der Waals surface area contributed by atoms with E-state index in [-0.39, 0.29) is 5.75 Å². The molecular formula is C15H14N4O2S2. The van der Waals surface area contributed by atoms with Crippen LogP contribution in [-0.2, 0) is 4.79 Å². The minimum absolute atomic E-state index is 0.127. The first kappa shape index (κ1) is 15.6.